The SMILES string of the molecule is O=C(N[C@@H]1CCCC(O)(C#Cc2cccc(Cl)c2)C1)c1ccoc1. The van der Waals surface area contributed by atoms with E-state index in [1.807, 2.05) is 12.1 Å². The van der Waals surface area contributed by atoms with Gasteiger partial charge < -0.3 is 14.8 Å². The van der Waals surface area contributed by atoms with Gasteiger partial charge in [-0.05, 0) is 43.5 Å². The van der Waals surface area contributed by atoms with E-state index in [0.29, 0.717) is 23.4 Å². The van der Waals surface area contributed by atoms with Crippen molar-refractivity contribution in [3.63, 3.8) is 0 Å². The first-order valence-electron chi connectivity index (χ1n) is 7.88. The summed E-state index contributed by atoms with van der Waals surface area (Å²) in [6.07, 6.45) is 5.50. The van der Waals surface area contributed by atoms with Crippen LogP contribution < -0.4 is 5.32 Å². The van der Waals surface area contributed by atoms with E-state index in [2.05, 4.69) is 17.2 Å². The molecule has 24 heavy (non-hydrogen) atoms. The number of nitrogens with one attached hydrogen (secondary N) is 1. The number of benzene rings is 1. The molecule has 0 radical (unpaired) electrons. The predicted octanol–water partition coefficient (Wildman–Crippen LogP) is 3.39. The lowest BCUT2D eigenvalue weighted by atomic mass is 9.82. The lowest BCUT2D eigenvalue weighted by Crippen LogP contribution is -2.45. The van der Waals surface area contributed by atoms with E-state index < -0.39 is 5.60 Å². The Morgan fingerprint density at radius 3 is 3.04 bits per heavy atom. The third-order valence-corrected chi connectivity index (χ3v) is 4.34. The average Bonchev–Trinajstić information content (AvgIpc) is 3.08. The summed E-state index contributed by atoms with van der Waals surface area (Å²) < 4.78 is 4.92. The molecule has 1 aliphatic rings. The quantitative estimate of drug-likeness (QED) is 0.822. The Morgan fingerprint density at radius 2 is 2.29 bits per heavy atom. The van der Waals surface area contributed by atoms with Crippen LogP contribution in [0.15, 0.2) is 47.3 Å². The van der Waals surface area contributed by atoms with Crippen LogP contribution in [0.1, 0.15) is 41.6 Å². The van der Waals surface area contributed by atoms with Crippen LogP contribution in [0.2, 0.25) is 5.02 Å². The highest BCUT2D eigenvalue weighted by atomic mass is 35.5. The largest absolute Gasteiger partial charge is 0.472 e. The Morgan fingerprint density at radius 1 is 1.42 bits per heavy atom. The monoisotopic (exact) mass is 343 g/mol. The molecule has 2 aromatic rings. The Balaban J connectivity index is 1.67. The van der Waals surface area contributed by atoms with E-state index in [4.69, 9.17) is 16.0 Å². The Kier molecular flexibility index (Phi) is 4.94. The smallest absolute Gasteiger partial charge is 0.254 e. The molecule has 1 heterocycles. The van der Waals surface area contributed by atoms with Crippen molar-refractivity contribution in [2.75, 3.05) is 0 Å². The van der Waals surface area contributed by atoms with E-state index in [9.17, 15) is 9.90 Å². The van der Waals surface area contributed by atoms with Crippen molar-refractivity contribution in [1.82, 2.24) is 5.32 Å². The molecular weight excluding hydrogens is 326 g/mol. The molecule has 4 nitrogen and oxygen atoms in total. The van der Waals surface area contributed by atoms with Crippen LogP contribution in [0, 0.1) is 11.8 Å². The van der Waals surface area contributed by atoms with Gasteiger partial charge in [0.2, 0.25) is 0 Å². The van der Waals surface area contributed by atoms with Crippen LogP contribution in [0.4, 0.5) is 0 Å². The first-order chi connectivity index (χ1) is 11.5. The highest BCUT2D eigenvalue weighted by Gasteiger charge is 2.33. The van der Waals surface area contributed by atoms with E-state index in [0.717, 1.165) is 18.4 Å². The number of hydrogen-bond donors (Lipinski definition) is 2. The first kappa shape index (κ1) is 16.6. The maximum absolute atomic E-state index is 12.1. The van der Waals surface area contributed by atoms with Crippen LogP contribution in [-0.4, -0.2) is 22.7 Å². The molecule has 1 aromatic carbocycles. The topological polar surface area (TPSA) is 62.5 Å². The number of aliphatic hydroxyl groups is 1. The zero-order valence-electron chi connectivity index (χ0n) is 13.1. The first-order valence-corrected chi connectivity index (χ1v) is 8.26. The maximum Gasteiger partial charge on any atom is 0.254 e. The fourth-order valence-electron chi connectivity index (χ4n) is 2.91. The van der Waals surface area contributed by atoms with Gasteiger partial charge in [-0.15, -0.1) is 0 Å². The molecule has 0 aliphatic heterocycles. The molecule has 1 fully saturated rings. The second kappa shape index (κ2) is 7.12. The molecule has 0 bridgehead atoms. The number of rotatable bonds is 2. The zero-order chi connectivity index (χ0) is 17.0. The molecule has 1 amide bonds. The number of halogens is 1. The lowest BCUT2D eigenvalue weighted by molar-refractivity contribution is 0.0452. The summed E-state index contributed by atoms with van der Waals surface area (Å²) in [5, 5.41) is 14.3. The van der Waals surface area contributed by atoms with Crippen molar-refractivity contribution in [3.8, 4) is 11.8 Å². The van der Waals surface area contributed by atoms with E-state index >= 15 is 0 Å². The van der Waals surface area contributed by atoms with Gasteiger partial charge >= 0.3 is 0 Å². The molecule has 3 rings (SSSR count). The van der Waals surface area contributed by atoms with Crippen molar-refractivity contribution >= 4 is 17.5 Å². The Hall–Kier alpha value is -2.22. The normalized spacial score (nSPS) is 23.2. The van der Waals surface area contributed by atoms with Gasteiger partial charge in [0.1, 0.15) is 11.9 Å². The van der Waals surface area contributed by atoms with Gasteiger partial charge in [-0.25, -0.2) is 0 Å². The van der Waals surface area contributed by atoms with Crippen LogP contribution in [0.3, 0.4) is 0 Å². The second-order valence-electron chi connectivity index (χ2n) is 6.07. The van der Waals surface area contributed by atoms with Crippen LogP contribution >= 0.6 is 11.6 Å². The van der Waals surface area contributed by atoms with Crippen LogP contribution in [0.5, 0.6) is 0 Å². The Labute approximate surface area is 145 Å². The van der Waals surface area contributed by atoms with Gasteiger partial charge in [0.15, 0.2) is 0 Å². The van der Waals surface area contributed by atoms with Gasteiger partial charge in [0.05, 0.1) is 11.8 Å². The fourth-order valence-corrected chi connectivity index (χ4v) is 3.10. The summed E-state index contributed by atoms with van der Waals surface area (Å²) in [7, 11) is 0. The number of furan rings is 1. The zero-order valence-corrected chi connectivity index (χ0v) is 13.8. The number of carbonyl (C=O) groups excluding carboxylic acids is 1. The van der Waals surface area contributed by atoms with Gasteiger partial charge in [0, 0.05) is 23.0 Å². The summed E-state index contributed by atoms with van der Waals surface area (Å²) in [5.74, 6) is 5.75. The summed E-state index contributed by atoms with van der Waals surface area (Å²) in [4.78, 5) is 12.1. The Bertz CT molecular complexity index is 775. The maximum atomic E-state index is 12.1. The van der Waals surface area contributed by atoms with Crippen molar-refractivity contribution in [1.29, 1.82) is 0 Å². The average molecular weight is 344 g/mol. The molecule has 5 heteroatoms. The lowest BCUT2D eigenvalue weighted by Gasteiger charge is -2.33. The summed E-state index contributed by atoms with van der Waals surface area (Å²) in [5.41, 5.74) is 0.143. The minimum atomic E-state index is -1.10. The van der Waals surface area contributed by atoms with Gasteiger partial charge in [-0.3, -0.25) is 4.79 Å². The molecular formula is C19H18ClNO3. The molecule has 0 saturated heterocycles. The van der Waals surface area contributed by atoms with Crippen molar-refractivity contribution in [2.24, 2.45) is 0 Å². The molecule has 1 aromatic heterocycles. The van der Waals surface area contributed by atoms with Gasteiger partial charge in [-0.2, -0.15) is 0 Å². The fraction of sp³-hybridized carbons (Fsp3) is 0.316. The van der Waals surface area contributed by atoms with E-state index in [-0.39, 0.29) is 11.9 Å². The third kappa shape index (κ3) is 4.19. The minimum Gasteiger partial charge on any atom is -0.472 e. The molecule has 124 valence electrons. The number of carbonyl (C=O) groups is 1. The van der Waals surface area contributed by atoms with Crippen molar-refractivity contribution in [3.05, 3.63) is 59.0 Å². The second-order valence-corrected chi connectivity index (χ2v) is 6.51. The van der Waals surface area contributed by atoms with Gasteiger partial charge in [-0.1, -0.05) is 29.5 Å². The molecule has 1 aliphatic carbocycles. The van der Waals surface area contributed by atoms with E-state index in [1.165, 1.54) is 12.5 Å². The van der Waals surface area contributed by atoms with Crippen molar-refractivity contribution < 1.29 is 14.3 Å². The standard InChI is InChI=1S/C19H18ClNO3/c20-16-4-1-3-14(11-16)6-9-19(23)8-2-5-17(12-19)21-18(22)15-7-10-24-13-15/h1,3-4,7,10-11,13,17,23H,2,5,8,12H2,(H,21,22)/t17-,19?/m1/s1. The van der Waals surface area contributed by atoms with Crippen molar-refractivity contribution in [2.45, 2.75) is 37.3 Å². The molecule has 1 saturated carbocycles. The molecule has 2 atom stereocenters. The summed E-state index contributed by atoms with van der Waals surface area (Å²) in [6.45, 7) is 0. The minimum absolute atomic E-state index is 0.111. The summed E-state index contributed by atoms with van der Waals surface area (Å²) >= 11 is 5.94. The summed E-state index contributed by atoms with van der Waals surface area (Å²) in [6, 6.07) is 8.72. The molecule has 0 spiro atoms. The number of hydrogen-bond acceptors (Lipinski definition) is 3. The van der Waals surface area contributed by atoms with Gasteiger partial charge in [0.25, 0.3) is 5.91 Å². The van der Waals surface area contributed by atoms with E-state index in [1.54, 1.807) is 18.2 Å². The number of amides is 1. The highest BCUT2D eigenvalue weighted by Crippen LogP contribution is 2.28. The van der Waals surface area contributed by atoms with Crippen LogP contribution in [0.25, 0.3) is 0 Å². The highest BCUT2D eigenvalue weighted by molar-refractivity contribution is 6.30. The third-order valence-electron chi connectivity index (χ3n) is 4.11. The molecule has 2 N–H and O–H groups in total. The predicted molar refractivity (Wildman–Crippen MR) is 91.7 cm³/mol. The van der Waals surface area contributed by atoms with Crippen LogP contribution in [-0.2, 0) is 0 Å². The molecule has 1 unspecified atom stereocenters.